The van der Waals surface area contributed by atoms with E-state index in [1.165, 1.54) is 32.1 Å². The Morgan fingerprint density at radius 2 is 1.76 bits per heavy atom. The maximum absolute atomic E-state index is 12.3. The van der Waals surface area contributed by atoms with Gasteiger partial charge in [0.25, 0.3) is 0 Å². The Hall–Kier alpha value is -0.410. The van der Waals surface area contributed by atoms with Crippen LogP contribution in [0, 0.1) is 5.92 Å². The third-order valence-corrected chi connectivity index (χ3v) is 4.12. The Morgan fingerprint density at radius 3 is 2.53 bits per heavy atom. The molecule has 0 aromatic heterocycles. The third-order valence-electron chi connectivity index (χ3n) is 4.12. The molecule has 1 saturated carbocycles. The first kappa shape index (κ1) is 13.0. The number of Topliss-reactive ketones (excluding diaryl/α,β-unsaturated/α-hetero) is 1. The zero-order valence-electron chi connectivity index (χ0n) is 10.9. The minimum atomic E-state index is 0.369. The summed E-state index contributed by atoms with van der Waals surface area (Å²) in [4.78, 5) is 14.6. The van der Waals surface area contributed by atoms with Crippen molar-refractivity contribution in [3.63, 3.8) is 0 Å². The Kier molecular flexibility index (Phi) is 5.46. The maximum atomic E-state index is 12.3. The van der Waals surface area contributed by atoms with Gasteiger partial charge in [-0.05, 0) is 32.4 Å². The average Bonchev–Trinajstić information content (AvgIpc) is 2.72. The average molecular weight is 238 g/mol. The minimum Gasteiger partial charge on any atom is -0.315 e. The van der Waals surface area contributed by atoms with Crippen LogP contribution in [-0.2, 0) is 4.79 Å². The van der Waals surface area contributed by atoms with Crippen molar-refractivity contribution in [2.45, 2.75) is 44.9 Å². The molecule has 0 aromatic carbocycles. The lowest BCUT2D eigenvalue weighted by Crippen LogP contribution is -2.35. The molecular weight excluding hydrogens is 212 g/mol. The molecule has 1 heterocycles. The molecule has 2 rings (SSSR count). The van der Waals surface area contributed by atoms with E-state index in [0.29, 0.717) is 18.2 Å². The van der Waals surface area contributed by atoms with Crippen molar-refractivity contribution in [2.75, 3.05) is 32.7 Å². The maximum Gasteiger partial charge on any atom is 0.149 e. The Bertz CT molecular complexity index is 226. The topological polar surface area (TPSA) is 32.3 Å². The van der Waals surface area contributed by atoms with E-state index in [0.717, 1.165) is 39.0 Å². The first-order valence-electron chi connectivity index (χ1n) is 7.32. The van der Waals surface area contributed by atoms with Crippen LogP contribution in [0.5, 0.6) is 0 Å². The fourth-order valence-electron chi connectivity index (χ4n) is 3.01. The molecule has 0 spiro atoms. The van der Waals surface area contributed by atoms with Gasteiger partial charge in [0.2, 0.25) is 0 Å². The highest BCUT2D eigenvalue weighted by atomic mass is 16.1. The number of ketones is 1. The van der Waals surface area contributed by atoms with Gasteiger partial charge in [-0.3, -0.25) is 9.69 Å². The summed E-state index contributed by atoms with van der Waals surface area (Å²) < 4.78 is 0. The Labute approximate surface area is 105 Å². The summed E-state index contributed by atoms with van der Waals surface area (Å²) in [6, 6.07) is 0. The van der Waals surface area contributed by atoms with E-state index in [9.17, 15) is 4.79 Å². The number of carbonyl (C=O) groups excluding carboxylic acids is 1. The van der Waals surface area contributed by atoms with E-state index in [1.54, 1.807) is 0 Å². The molecule has 98 valence electrons. The second-order valence-electron chi connectivity index (χ2n) is 5.53. The molecule has 1 aliphatic carbocycles. The van der Waals surface area contributed by atoms with E-state index in [1.807, 2.05) is 0 Å². The molecule has 0 atom stereocenters. The molecule has 17 heavy (non-hydrogen) atoms. The van der Waals surface area contributed by atoms with Crippen molar-refractivity contribution in [3.05, 3.63) is 0 Å². The summed E-state index contributed by atoms with van der Waals surface area (Å²) in [6.45, 7) is 4.97. The summed E-state index contributed by atoms with van der Waals surface area (Å²) in [7, 11) is 0. The second-order valence-corrected chi connectivity index (χ2v) is 5.53. The fraction of sp³-hybridized carbons (Fsp3) is 0.929. The normalized spacial score (nSPS) is 25.2. The van der Waals surface area contributed by atoms with Crippen molar-refractivity contribution in [2.24, 2.45) is 5.92 Å². The molecule has 1 aliphatic heterocycles. The first-order valence-corrected chi connectivity index (χ1v) is 7.32. The van der Waals surface area contributed by atoms with Crippen molar-refractivity contribution < 1.29 is 4.79 Å². The standard InChI is InChI=1S/C14H26N2O/c17-14(13-6-3-1-2-4-7-13)12-16-10-5-8-15-9-11-16/h13,15H,1-12H2. The van der Waals surface area contributed by atoms with Crippen LogP contribution in [-0.4, -0.2) is 43.4 Å². The second kappa shape index (κ2) is 7.12. The van der Waals surface area contributed by atoms with Gasteiger partial charge in [-0.2, -0.15) is 0 Å². The third kappa shape index (κ3) is 4.40. The van der Waals surface area contributed by atoms with Gasteiger partial charge in [-0.25, -0.2) is 0 Å². The quantitative estimate of drug-likeness (QED) is 0.761. The van der Waals surface area contributed by atoms with Crippen LogP contribution >= 0.6 is 0 Å². The van der Waals surface area contributed by atoms with Gasteiger partial charge in [0.1, 0.15) is 5.78 Å². The van der Waals surface area contributed by atoms with E-state index < -0.39 is 0 Å². The first-order chi connectivity index (χ1) is 8.36. The van der Waals surface area contributed by atoms with Gasteiger partial charge in [0, 0.05) is 19.0 Å². The number of nitrogens with one attached hydrogen (secondary N) is 1. The summed E-state index contributed by atoms with van der Waals surface area (Å²) in [5.74, 6) is 0.877. The van der Waals surface area contributed by atoms with Crippen LogP contribution in [0.15, 0.2) is 0 Å². The molecular formula is C14H26N2O. The molecule has 0 aromatic rings. The molecule has 0 bridgehead atoms. The van der Waals surface area contributed by atoms with Crippen LogP contribution < -0.4 is 5.32 Å². The fourth-order valence-corrected chi connectivity index (χ4v) is 3.01. The molecule has 1 N–H and O–H groups in total. The van der Waals surface area contributed by atoms with Crippen LogP contribution in [0.3, 0.4) is 0 Å². The molecule has 2 fully saturated rings. The predicted octanol–water partition coefficient (Wildman–Crippen LogP) is 1.82. The number of nitrogens with zero attached hydrogens (tertiary/aromatic N) is 1. The Balaban J connectivity index is 1.77. The van der Waals surface area contributed by atoms with E-state index in [2.05, 4.69) is 10.2 Å². The largest absolute Gasteiger partial charge is 0.315 e. The van der Waals surface area contributed by atoms with Crippen molar-refractivity contribution in [1.29, 1.82) is 0 Å². The van der Waals surface area contributed by atoms with Crippen LogP contribution in [0.25, 0.3) is 0 Å². The monoisotopic (exact) mass is 238 g/mol. The highest BCUT2D eigenvalue weighted by molar-refractivity contribution is 5.83. The van der Waals surface area contributed by atoms with E-state index in [4.69, 9.17) is 0 Å². The summed E-state index contributed by atoms with van der Waals surface area (Å²) in [6.07, 6.45) is 8.65. The van der Waals surface area contributed by atoms with Gasteiger partial charge < -0.3 is 5.32 Å². The smallest absolute Gasteiger partial charge is 0.149 e. The lowest BCUT2D eigenvalue weighted by atomic mass is 9.95. The zero-order chi connectivity index (χ0) is 11.9. The van der Waals surface area contributed by atoms with Crippen LogP contribution in [0.1, 0.15) is 44.9 Å². The van der Waals surface area contributed by atoms with Crippen molar-refractivity contribution in [3.8, 4) is 0 Å². The van der Waals surface area contributed by atoms with E-state index >= 15 is 0 Å². The molecule has 3 nitrogen and oxygen atoms in total. The van der Waals surface area contributed by atoms with Crippen LogP contribution in [0.4, 0.5) is 0 Å². The van der Waals surface area contributed by atoms with Gasteiger partial charge in [-0.15, -0.1) is 0 Å². The summed E-state index contributed by atoms with van der Waals surface area (Å²) >= 11 is 0. The number of hydrogen-bond acceptors (Lipinski definition) is 3. The zero-order valence-corrected chi connectivity index (χ0v) is 10.9. The summed E-state index contributed by atoms with van der Waals surface area (Å²) in [5, 5.41) is 3.39. The predicted molar refractivity (Wildman–Crippen MR) is 70.1 cm³/mol. The lowest BCUT2D eigenvalue weighted by Gasteiger charge is -2.21. The SMILES string of the molecule is O=C(CN1CCCNCC1)C1CCCCCC1. The van der Waals surface area contributed by atoms with Crippen molar-refractivity contribution in [1.82, 2.24) is 10.2 Å². The van der Waals surface area contributed by atoms with Gasteiger partial charge in [0.15, 0.2) is 0 Å². The van der Waals surface area contributed by atoms with Gasteiger partial charge in [-0.1, -0.05) is 25.7 Å². The van der Waals surface area contributed by atoms with Crippen LogP contribution in [0.2, 0.25) is 0 Å². The van der Waals surface area contributed by atoms with Gasteiger partial charge in [0.05, 0.1) is 6.54 Å². The molecule has 1 saturated heterocycles. The molecule has 3 heteroatoms. The number of rotatable bonds is 3. The lowest BCUT2D eigenvalue weighted by molar-refractivity contribution is -0.124. The molecule has 0 radical (unpaired) electrons. The highest BCUT2D eigenvalue weighted by Crippen LogP contribution is 2.23. The molecule has 0 amide bonds. The summed E-state index contributed by atoms with van der Waals surface area (Å²) in [5.41, 5.74) is 0. The minimum absolute atomic E-state index is 0.369. The molecule has 2 aliphatic rings. The van der Waals surface area contributed by atoms with Gasteiger partial charge >= 0.3 is 0 Å². The number of carbonyl (C=O) groups is 1. The Morgan fingerprint density at radius 1 is 1.00 bits per heavy atom. The number of hydrogen-bond donors (Lipinski definition) is 1. The molecule has 0 unspecified atom stereocenters. The van der Waals surface area contributed by atoms with Crippen molar-refractivity contribution >= 4 is 5.78 Å². The van der Waals surface area contributed by atoms with E-state index in [-0.39, 0.29) is 0 Å². The highest BCUT2D eigenvalue weighted by Gasteiger charge is 2.22.